The minimum atomic E-state index is -0.517. The SMILES string of the molecule is COCC1CCN(c2ccc([N+](=O)[O-])c(N)n2)CC1. The summed E-state index contributed by atoms with van der Waals surface area (Å²) in [7, 11) is 1.71. The van der Waals surface area contributed by atoms with Crippen molar-refractivity contribution >= 4 is 17.3 Å². The quantitative estimate of drug-likeness (QED) is 0.654. The number of methoxy groups -OCH3 is 1. The summed E-state index contributed by atoms with van der Waals surface area (Å²) in [5.74, 6) is 1.26. The number of nitrogens with two attached hydrogens (primary N) is 1. The van der Waals surface area contributed by atoms with E-state index in [9.17, 15) is 10.1 Å². The van der Waals surface area contributed by atoms with E-state index in [1.54, 1.807) is 13.2 Å². The van der Waals surface area contributed by atoms with Crippen molar-refractivity contribution in [3.63, 3.8) is 0 Å². The summed E-state index contributed by atoms with van der Waals surface area (Å²) in [6, 6.07) is 3.07. The van der Waals surface area contributed by atoms with Gasteiger partial charge in [0.2, 0.25) is 5.82 Å². The molecule has 0 atom stereocenters. The standard InChI is InChI=1S/C12H18N4O3/c1-19-8-9-4-6-15(7-5-9)11-3-2-10(16(17)18)12(13)14-11/h2-3,9H,4-8H2,1H3,(H2,13,14). The molecule has 2 N–H and O–H groups in total. The lowest BCUT2D eigenvalue weighted by Crippen LogP contribution is -2.35. The highest BCUT2D eigenvalue weighted by molar-refractivity contribution is 5.58. The van der Waals surface area contributed by atoms with Crippen molar-refractivity contribution in [3.8, 4) is 0 Å². The van der Waals surface area contributed by atoms with E-state index in [0.29, 0.717) is 11.7 Å². The Morgan fingerprint density at radius 1 is 1.53 bits per heavy atom. The Bertz CT molecular complexity index is 458. The molecule has 2 rings (SSSR count). The fraction of sp³-hybridized carbons (Fsp3) is 0.583. The van der Waals surface area contributed by atoms with Crippen LogP contribution in [0.1, 0.15) is 12.8 Å². The van der Waals surface area contributed by atoms with Crippen molar-refractivity contribution in [2.24, 2.45) is 5.92 Å². The fourth-order valence-electron chi connectivity index (χ4n) is 2.35. The number of nitrogens with zero attached hydrogens (tertiary/aromatic N) is 3. The third-order valence-electron chi connectivity index (χ3n) is 3.43. The van der Waals surface area contributed by atoms with Crippen molar-refractivity contribution in [2.45, 2.75) is 12.8 Å². The van der Waals surface area contributed by atoms with Crippen LogP contribution in [0.15, 0.2) is 12.1 Å². The largest absolute Gasteiger partial charge is 0.384 e. The van der Waals surface area contributed by atoms with Crippen LogP contribution in [0, 0.1) is 16.0 Å². The number of hydrogen-bond donors (Lipinski definition) is 1. The number of rotatable bonds is 4. The summed E-state index contributed by atoms with van der Waals surface area (Å²) in [5.41, 5.74) is 5.46. The first-order valence-electron chi connectivity index (χ1n) is 6.26. The molecule has 1 aliphatic rings. The van der Waals surface area contributed by atoms with Gasteiger partial charge in [-0.15, -0.1) is 0 Å². The summed E-state index contributed by atoms with van der Waals surface area (Å²) in [6.07, 6.45) is 2.07. The van der Waals surface area contributed by atoms with Crippen LogP contribution in [-0.2, 0) is 4.74 Å². The Balaban J connectivity index is 2.04. The van der Waals surface area contributed by atoms with Gasteiger partial charge in [0, 0.05) is 32.9 Å². The zero-order chi connectivity index (χ0) is 13.8. The normalized spacial score (nSPS) is 16.6. The molecule has 2 heterocycles. The Hall–Kier alpha value is -1.89. The summed E-state index contributed by atoms with van der Waals surface area (Å²) < 4.78 is 5.15. The van der Waals surface area contributed by atoms with E-state index in [1.165, 1.54) is 6.07 Å². The van der Waals surface area contributed by atoms with E-state index in [-0.39, 0.29) is 11.5 Å². The van der Waals surface area contributed by atoms with E-state index in [0.717, 1.165) is 32.5 Å². The van der Waals surface area contributed by atoms with Gasteiger partial charge in [-0.25, -0.2) is 4.98 Å². The maximum absolute atomic E-state index is 10.7. The van der Waals surface area contributed by atoms with Crippen LogP contribution in [-0.4, -0.2) is 36.7 Å². The summed E-state index contributed by atoms with van der Waals surface area (Å²) in [5, 5.41) is 10.7. The van der Waals surface area contributed by atoms with Crippen molar-refractivity contribution in [1.29, 1.82) is 0 Å². The molecule has 0 radical (unpaired) electrons. The molecule has 1 saturated heterocycles. The number of piperidine rings is 1. The lowest BCUT2D eigenvalue weighted by molar-refractivity contribution is -0.384. The molecular formula is C12H18N4O3. The predicted molar refractivity (Wildman–Crippen MR) is 72.1 cm³/mol. The van der Waals surface area contributed by atoms with Crippen LogP contribution in [0.5, 0.6) is 0 Å². The molecule has 0 saturated carbocycles. The number of aromatic nitrogens is 1. The molecule has 19 heavy (non-hydrogen) atoms. The highest BCUT2D eigenvalue weighted by atomic mass is 16.6. The first kappa shape index (κ1) is 13.5. The van der Waals surface area contributed by atoms with Crippen molar-refractivity contribution in [1.82, 2.24) is 4.98 Å². The van der Waals surface area contributed by atoms with E-state index in [4.69, 9.17) is 10.5 Å². The van der Waals surface area contributed by atoms with Crippen molar-refractivity contribution in [2.75, 3.05) is 37.4 Å². The number of hydrogen-bond acceptors (Lipinski definition) is 6. The minimum Gasteiger partial charge on any atom is -0.384 e. The lowest BCUT2D eigenvalue weighted by atomic mass is 9.98. The Morgan fingerprint density at radius 3 is 2.74 bits per heavy atom. The molecule has 0 bridgehead atoms. The van der Waals surface area contributed by atoms with Gasteiger partial charge in [0.25, 0.3) is 0 Å². The predicted octanol–water partition coefficient (Wildman–Crippen LogP) is 1.43. The zero-order valence-corrected chi connectivity index (χ0v) is 10.9. The topological polar surface area (TPSA) is 94.5 Å². The summed E-state index contributed by atoms with van der Waals surface area (Å²) in [4.78, 5) is 16.4. The second kappa shape index (κ2) is 5.83. The molecule has 1 aromatic heterocycles. The lowest BCUT2D eigenvalue weighted by Gasteiger charge is -2.32. The molecular weight excluding hydrogens is 248 g/mol. The van der Waals surface area contributed by atoms with Crippen LogP contribution in [0.2, 0.25) is 0 Å². The van der Waals surface area contributed by atoms with Gasteiger partial charge in [0.05, 0.1) is 4.92 Å². The van der Waals surface area contributed by atoms with E-state index in [2.05, 4.69) is 9.88 Å². The molecule has 0 unspecified atom stereocenters. The van der Waals surface area contributed by atoms with Gasteiger partial charge in [-0.05, 0) is 24.8 Å². The Morgan fingerprint density at radius 2 is 2.21 bits per heavy atom. The molecule has 0 spiro atoms. The Kier molecular flexibility index (Phi) is 4.16. The van der Waals surface area contributed by atoms with Crippen LogP contribution < -0.4 is 10.6 Å². The molecule has 104 valence electrons. The highest BCUT2D eigenvalue weighted by Gasteiger charge is 2.21. The van der Waals surface area contributed by atoms with Gasteiger partial charge < -0.3 is 15.4 Å². The molecule has 0 aliphatic carbocycles. The van der Waals surface area contributed by atoms with Gasteiger partial charge in [-0.1, -0.05) is 0 Å². The molecule has 1 fully saturated rings. The van der Waals surface area contributed by atoms with Crippen LogP contribution in [0.25, 0.3) is 0 Å². The van der Waals surface area contributed by atoms with Crippen LogP contribution in [0.3, 0.4) is 0 Å². The molecule has 0 aromatic carbocycles. The summed E-state index contributed by atoms with van der Waals surface area (Å²) >= 11 is 0. The molecule has 1 aliphatic heterocycles. The average Bonchev–Trinajstić information content (AvgIpc) is 2.39. The highest BCUT2D eigenvalue weighted by Crippen LogP contribution is 2.26. The minimum absolute atomic E-state index is 0.0264. The third-order valence-corrected chi connectivity index (χ3v) is 3.43. The fourth-order valence-corrected chi connectivity index (χ4v) is 2.35. The maximum Gasteiger partial charge on any atom is 0.311 e. The molecule has 0 amide bonds. The second-order valence-electron chi connectivity index (χ2n) is 4.72. The second-order valence-corrected chi connectivity index (χ2v) is 4.72. The molecule has 7 heteroatoms. The van der Waals surface area contributed by atoms with Crippen LogP contribution in [0.4, 0.5) is 17.3 Å². The van der Waals surface area contributed by atoms with Gasteiger partial charge in [0.1, 0.15) is 5.82 Å². The zero-order valence-electron chi connectivity index (χ0n) is 10.9. The number of ether oxygens (including phenoxy) is 1. The number of nitro groups is 1. The smallest absolute Gasteiger partial charge is 0.311 e. The Labute approximate surface area is 111 Å². The van der Waals surface area contributed by atoms with Crippen LogP contribution >= 0.6 is 0 Å². The molecule has 7 nitrogen and oxygen atoms in total. The van der Waals surface area contributed by atoms with Gasteiger partial charge >= 0.3 is 5.69 Å². The van der Waals surface area contributed by atoms with E-state index >= 15 is 0 Å². The first-order chi connectivity index (χ1) is 9.11. The van der Waals surface area contributed by atoms with E-state index < -0.39 is 4.92 Å². The number of anilines is 2. The van der Waals surface area contributed by atoms with E-state index in [1.807, 2.05) is 0 Å². The van der Waals surface area contributed by atoms with Gasteiger partial charge in [0.15, 0.2) is 0 Å². The first-order valence-corrected chi connectivity index (χ1v) is 6.26. The summed E-state index contributed by atoms with van der Waals surface area (Å²) in [6.45, 7) is 2.53. The van der Waals surface area contributed by atoms with Crippen molar-refractivity contribution < 1.29 is 9.66 Å². The number of pyridine rings is 1. The maximum atomic E-state index is 10.7. The van der Waals surface area contributed by atoms with Gasteiger partial charge in [-0.3, -0.25) is 10.1 Å². The molecule has 1 aromatic rings. The number of nitrogen functional groups attached to an aromatic ring is 1. The van der Waals surface area contributed by atoms with Crippen molar-refractivity contribution in [3.05, 3.63) is 22.2 Å². The third kappa shape index (κ3) is 3.11. The average molecular weight is 266 g/mol. The van der Waals surface area contributed by atoms with Gasteiger partial charge in [-0.2, -0.15) is 0 Å². The monoisotopic (exact) mass is 266 g/mol.